The molecule has 0 fully saturated rings. The summed E-state index contributed by atoms with van der Waals surface area (Å²) in [6.45, 7) is 4.80. The van der Waals surface area contributed by atoms with Gasteiger partial charge in [-0.1, -0.05) is 256 Å². The van der Waals surface area contributed by atoms with Gasteiger partial charge in [0.25, 0.3) is 0 Å². The summed E-state index contributed by atoms with van der Waals surface area (Å²) in [7, 11) is 1.55. The monoisotopic (exact) mass is 952 g/mol. The fourth-order valence-electron chi connectivity index (χ4n) is 8.37. The van der Waals surface area contributed by atoms with Crippen LogP contribution in [0.25, 0.3) is 0 Å². The number of aliphatic hydroxyl groups is 1. The van der Waals surface area contributed by atoms with E-state index in [0.717, 1.165) is 44.9 Å². The summed E-state index contributed by atoms with van der Waals surface area (Å²) in [5.74, 6) is -0.187. The third-order valence-electron chi connectivity index (χ3n) is 12.8. The predicted octanol–water partition coefficient (Wildman–Crippen LogP) is 17.0. The number of nitrogens with one attached hydrogen (secondary N) is 1. The number of aliphatic hydroxyl groups excluding tert-OH is 1. The Hall–Kier alpha value is -1.28. The molecule has 0 spiro atoms. The number of nitrogens with zero attached hydrogens (tertiary/aromatic N) is 1. The van der Waals surface area contributed by atoms with Crippen LogP contribution >= 0.6 is 7.82 Å². The molecule has 0 aliphatic rings. The van der Waals surface area contributed by atoms with Gasteiger partial charge in [0.2, 0.25) is 5.91 Å². The van der Waals surface area contributed by atoms with E-state index in [1.165, 1.54) is 205 Å². The first kappa shape index (κ1) is 64.7. The Labute approximate surface area is 410 Å². The van der Waals surface area contributed by atoms with Gasteiger partial charge in [0.15, 0.2) is 0 Å². The van der Waals surface area contributed by atoms with Gasteiger partial charge in [-0.15, -0.1) is 0 Å². The summed E-state index contributed by atoms with van der Waals surface area (Å²) in [5, 5.41) is 13.9. The lowest BCUT2D eigenvalue weighted by Crippen LogP contribution is -2.45. The molecular weight excluding hydrogens is 840 g/mol. The largest absolute Gasteiger partial charge is 0.472 e. The molecule has 1 amide bonds. The number of phosphoric ester groups is 1. The highest BCUT2D eigenvalue weighted by molar-refractivity contribution is 7.47. The van der Waals surface area contributed by atoms with Crippen LogP contribution < -0.4 is 5.32 Å². The summed E-state index contributed by atoms with van der Waals surface area (Å²) < 4.78 is 23.6. The van der Waals surface area contributed by atoms with Crippen molar-refractivity contribution < 1.29 is 32.9 Å². The zero-order valence-electron chi connectivity index (χ0n) is 44.4. The summed E-state index contributed by atoms with van der Waals surface area (Å²) >= 11 is 0. The van der Waals surface area contributed by atoms with E-state index < -0.39 is 20.0 Å². The predicted molar refractivity (Wildman–Crippen MR) is 286 cm³/mol. The van der Waals surface area contributed by atoms with E-state index in [1.54, 1.807) is 6.08 Å². The molecule has 0 aromatic rings. The molecule has 0 aliphatic heterocycles. The highest BCUT2D eigenvalue weighted by Crippen LogP contribution is 2.43. The van der Waals surface area contributed by atoms with Crippen molar-refractivity contribution in [2.24, 2.45) is 0 Å². The molecule has 0 saturated carbocycles. The average Bonchev–Trinajstić information content (AvgIpc) is 3.28. The van der Waals surface area contributed by atoms with Gasteiger partial charge in [-0.25, -0.2) is 4.57 Å². The van der Waals surface area contributed by atoms with Crippen LogP contribution in [-0.4, -0.2) is 73.4 Å². The van der Waals surface area contributed by atoms with Crippen molar-refractivity contribution in [1.29, 1.82) is 0 Å². The van der Waals surface area contributed by atoms with E-state index in [2.05, 4.69) is 43.5 Å². The van der Waals surface area contributed by atoms with Crippen molar-refractivity contribution in [2.45, 2.75) is 283 Å². The van der Waals surface area contributed by atoms with Crippen molar-refractivity contribution >= 4 is 13.7 Å². The van der Waals surface area contributed by atoms with Crippen LogP contribution in [-0.2, 0) is 18.4 Å². The maximum absolute atomic E-state index is 12.9. The number of likely N-dealkylation sites (N-methyl/N-ethyl adjacent to an activating group) is 1. The average molecular weight is 953 g/mol. The van der Waals surface area contributed by atoms with Crippen LogP contribution in [0, 0.1) is 0 Å². The normalized spacial score (nSPS) is 14.2. The molecule has 0 rings (SSSR count). The van der Waals surface area contributed by atoms with Gasteiger partial charge in [0.05, 0.1) is 39.9 Å². The summed E-state index contributed by atoms with van der Waals surface area (Å²) in [6.07, 6.45) is 62.6. The zero-order valence-corrected chi connectivity index (χ0v) is 45.3. The molecule has 0 saturated heterocycles. The fraction of sp³-hybridized carbons (Fsp3) is 0.877. The number of hydrogen-bond donors (Lipinski definition) is 3. The van der Waals surface area contributed by atoms with Gasteiger partial charge in [0, 0.05) is 6.42 Å². The second kappa shape index (κ2) is 48.7. The van der Waals surface area contributed by atoms with Crippen LogP contribution in [0.15, 0.2) is 36.5 Å². The van der Waals surface area contributed by atoms with Gasteiger partial charge in [0.1, 0.15) is 13.2 Å². The Kier molecular flexibility index (Phi) is 47.8. The minimum atomic E-state index is -4.35. The maximum atomic E-state index is 12.9. The molecule has 8 nitrogen and oxygen atoms in total. The van der Waals surface area contributed by atoms with Crippen LogP contribution in [0.4, 0.5) is 0 Å². The highest BCUT2D eigenvalue weighted by atomic mass is 31.2. The van der Waals surface area contributed by atoms with E-state index in [0.29, 0.717) is 17.4 Å². The van der Waals surface area contributed by atoms with Crippen molar-refractivity contribution in [2.75, 3.05) is 40.9 Å². The molecule has 0 radical (unpaired) electrons. The molecule has 3 atom stereocenters. The lowest BCUT2D eigenvalue weighted by molar-refractivity contribution is -0.870. The first-order valence-corrected chi connectivity index (χ1v) is 29.9. The molecule has 0 heterocycles. The number of carbonyl (C=O) groups is 1. The third-order valence-corrected chi connectivity index (χ3v) is 13.8. The van der Waals surface area contributed by atoms with Crippen LogP contribution in [0.1, 0.15) is 271 Å². The Morgan fingerprint density at radius 2 is 0.833 bits per heavy atom. The Morgan fingerprint density at radius 1 is 0.500 bits per heavy atom. The maximum Gasteiger partial charge on any atom is 0.472 e. The SMILES string of the molecule is CCCCCCC/C=C/CC/C=C/CC/C=C/C(O)C(COP(=O)(O)OCC[N+](C)(C)C)NC(=O)CCCCCCCCCCCCCCCCCCCCCCCCCCCCCCC. The summed E-state index contributed by atoms with van der Waals surface area (Å²) in [4.78, 5) is 23.2. The molecule has 3 N–H and O–H groups in total. The molecule has 9 heteroatoms. The highest BCUT2D eigenvalue weighted by Gasteiger charge is 2.27. The van der Waals surface area contributed by atoms with E-state index in [-0.39, 0.29) is 19.1 Å². The van der Waals surface area contributed by atoms with Gasteiger partial charge in [-0.05, 0) is 44.9 Å². The lowest BCUT2D eigenvalue weighted by atomic mass is 10.0. The summed E-state index contributed by atoms with van der Waals surface area (Å²) in [6, 6.07) is -0.867. The first-order chi connectivity index (χ1) is 32.0. The molecule has 390 valence electrons. The lowest BCUT2D eigenvalue weighted by Gasteiger charge is -2.25. The number of rotatable bonds is 52. The minimum absolute atomic E-state index is 0.0549. The number of allylic oxidation sites excluding steroid dienone is 5. The van der Waals surface area contributed by atoms with E-state index in [4.69, 9.17) is 9.05 Å². The third kappa shape index (κ3) is 50.6. The Balaban J connectivity index is 4.11. The van der Waals surface area contributed by atoms with Gasteiger partial charge < -0.3 is 19.8 Å². The van der Waals surface area contributed by atoms with E-state index in [9.17, 15) is 19.4 Å². The molecule has 0 aromatic heterocycles. The van der Waals surface area contributed by atoms with Gasteiger partial charge >= 0.3 is 7.82 Å². The second-order valence-electron chi connectivity index (χ2n) is 20.7. The molecule has 0 bridgehead atoms. The molecule has 0 aromatic carbocycles. The van der Waals surface area contributed by atoms with Crippen molar-refractivity contribution in [3.05, 3.63) is 36.5 Å². The second-order valence-corrected chi connectivity index (χ2v) is 22.1. The molecule has 3 unspecified atom stereocenters. The molecule has 66 heavy (non-hydrogen) atoms. The number of hydrogen-bond acceptors (Lipinski definition) is 5. The molecular formula is C57H112N2O6P+. The smallest absolute Gasteiger partial charge is 0.387 e. The van der Waals surface area contributed by atoms with E-state index >= 15 is 0 Å². The topological polar surface area (TPSA) is 105 Å². The Bertz CT molecular complexity index is 1170. The standard InChI is InChI=1S/C57H111N2O6P/c1-6-8-10-12-14-16-18-20-22-23-24-25-26-27-28-29-30-31-32-33-34-35-37-39-41-43-45-47-49-51-57(61)58-55(54-65-66(62,63)64-53-52-59(3,4)5)56(60)50-48-46-44-42-40-38-36-21-19-17-15-13-11-9-7-2/h19,21,40,42,48,50,55-56,60H,6-18,20,22-39,41,43-47,49,51-54H2,1-5H3,(H-,58,61,62,63)/p+1/b21-19+,42-40+,50-48+. The first-order valence-electron chi connectivity index (χ1n) is 28.4. The van der Waals surface area contributed by atoms with Crippen LogP contribution in [0.3, 0.4) is 0 Å². The quantitative estimate of drug-likeness (QED) is 0.0243. The Morgan fingerprint density at radius 3 is 1.21 bits per heavy atom. The molecule has 0 aliphatic carbocycles. The number of amides is 1. The van der Waals surface area contributed by atoms with Gasteiger partial charge in [-0.2, -0.15) is 0 Å². The van der Waals surface area contributed by atoms with E-state index in [1.807, 2.05) is 27.2 Å². The van der Waals surface area contributed by atoms with Crippen LogP contribution in [0.5, 0.6) is 0 Å². The van der Waals surface area contributed by atoms with Crippen LogP contribution in [0.2, 0.25) is 0 Å². The minimum Gasteiger partial charge on any atom is -0.387 e. The number of quaternary nitrogens is 1. The number of phosphoric acid groups is 1. The van der Waals surface area contributed by atoms with Crippen molar-refractivity contribution in [3.8, 4) is 0 Å². The number of unbranched alkanes of at least 4 members (excludes halogenated alkanes) is 35. The fourth-order valence-corrected chi connectivity index (χ4v) is 9.11. The zero-order chi connectivity index (χ0) is 48.5. The van der Waals surface area contributed by atoms with Gasteiger partial charge in [-0.3, -0.25) is 13.8 Å². The summed E-state index contributed by atoms with van der Waals surface area (Å²) in [5.41, 5.74) is 0. The van der Waals surface area contributed by atoms with Crippen molar-refractivity contribution in [1.82, 2.24) is 5.32 Å². The van der Waals surface area contributed by atoms with Crippen molar-refractivity contribution in [3.63, 3.8) is 0 Å². The number of carbonyl (C=O) groups excluding carboxylic acids is 1.